The van der Waals surface area contributed by atoms with Gasteiger partial charge in [0.2, 0.25) is 0 Å². The molecule has 0 aromatic carbocycles. The SMILES string of the molecule is CCCCNCCN(C)C(=O)OC(C)(C)C. The van der Waals surface area contributed by atoms with Crippen molar-refractivity contribution in [1.82, 2.24) is 10.2 Å². The first-order valence-electron chi connectivity index (χ1n) is 6.01. The summed E-state index contributed by atoms with van der Waals surface area (Å²) in [5.74, 6) is 0. The monoisotopic (exact) mass is 230 g/mol. The third-order valence-electron chi connectivity index (χ3n) is 2.04. The maximum absolute atomic E-state index is 11.6. The van der Waals surface area contributed by atoms with E-state index >= 15 is 0 Å². The highest BCUT2D eigenvalue weighted by atomic mass is 16.6. The van der Waals surface area contributed by atoms with Crippen LogP contribution in [0.2, 0.25) is 0 Å². The lowest BCUT2D eigenvalue weighted by atomic mass is 10.2. The van der Waals surface area contributed by atoms with Gasteiger partial charge >= 0.3 is 6.09 Å². The molecule has 0 spiro atoms. The Morgan fingerprint density at radius 1 is 1.31 bits per heavy atom. The van der Waals surface area contributed by atoms with Gasteiger partial charge in [-0.3, -0.25) is 0 Å². The van der Waals surface area contributed by atoms with Crippen LogP contribution in [-0.2, 0) is 4.74 Å². The molecular formula is C12H26N2O2. The molecule has 0 aliphatic rings. The Morgan fingerprint density at radius 2 is 1.94 bits per heavy atom. The van der Waals surface area contributed by atoms with Gasteiger partial charge in [-0.1, -0.05) is 13.3 Å². The van der Waals surface area contributed by atoms with Gasteiger partial charge in [0.05, 0.1) is 0 Å². The van der Waals surface area contributed by atoms with Crippen LogP contribution in [0.25, 0.3) is 0 Å². The number of carbonyl (C=O) groups is 1. The van der Waals surface area contributed by atoms with E-state index in [1.54, 1.807) is 11.9 Å². The minimum atomic E-state index is -0.416. The third kappa shape index (κ3) is 8.53. The first-order chi connectivity index (χ1) is 7.37. The molecule has 0 aromatic heterocycles. The largest absolute Gasteiger partial charge is 0.444 e. The zero-order chi connectivity index (χ0) is 12.6. The molecule has 4 heteroatoms. The van der Waals surface area contributed by atoms with Crippen LogP contribution in [0.4, 0.5) is 4.79 Å². The van der Waals surface area contributed by atoms with Crippen LogP contribution in [0, 0.1) is 0 Å². The van der Waals surface area contributed by atoms with E-state index in [0.29, 0.717) is 6.54 Å². The van der Waals surface area contributed by atoms with E-state index in [1.165, 1.54) is 12.8 Å². The Kier molecular flexibility index (Phi) is 7.13. The van der Waals surface area contributed by atoms with Crippen LogP contribution in [0.3, 0.4) is 0 Å². The maximum atomic E-state index is 11.6. The average Bonchev–Trinajstić information content (AvgIpc) is 2.14. The molecule has 0 atom stereocenters. The fourth-order valence-corrected chi connectivity index (χ4v) is 1.10. The van der Waals surface area contributed by atoms with Crippen LogP contribution >= 0.6 is 0 Å². The van der Waals surface area contributed by atoms with Crippen molar-refractivity contribution in [2.75, 3.05) is 26.7 Å². The van der Waals surface area contributed by atoms with Crippen LogP contribution < -0.4 is 5.32 Å². The molecule has 1 N–H and O–H groups in total. The Balaban J connectivity index is 3.64. The van der Waals surface area contributed by atoms with E-state index in [2.05, 4.69) is 12.2 Å². The summed E-state index contributed by atoms with van der Waals surface area (Å²) < 4.78 is 5.24. The number of rotatable bonds is 6. The van der Waals surface area contributed by atoms with Gasteiger partial charge in [0.1, 0.15) is 5.60 Å². The highest BCUT2D eigenvalue weighted by Gasteiger charge is 2.18. The molecule has 0 aliphatic heterocycles. The van der Waals surface area contributed by atoms with Gasteiger partial charge in [-0.2, -0.15) is 0 Å². The third-order valence-corrected chi connectivity index (χ3v) is 2.04. The molecule has 0 saturated carbocycles. The number of carbonyl (C=O) groups excluding carboxylic acids is 1. The summed E-state index contributed by atoms with van der Waals surface area (Å²) in [6.45, 7) is 10.3. The quantitative estimate of drug-likeness (QED) is 0.712. The summed E-state index contributed by atoms with van der Waals surface area (Å²) in [7, 11) is 1.76. The summed E-state index contributed by atoms with van der Waals surface area (Å²) in [5.41, 5.74) is -0.416. The van der Waals surface area contributed by atoms with Crippen molar-refractivity contribution in [1.29, 1.82) is 0 Å². The Bertz CT molecular complexity index is 200. The molecule has 0 fully saturated rings. The fraction of sp³-hybridized carbons (Fsp3) is 0.917. The number of nitrogens with one attached hydrogen (secondary N) is 1. The fourth-order valence-electron chi connectivity index (χ4n) is 1.10. The van der Waals surface area contributed by atoms with Gasteiger partial charge in [0.25, 0.3) is 0 Å². The van der Waals surface area contributed by atoms with E-state index in [4.69, 9.17) is 4.74 Å². The van der Waals surface area contributed by atoms with Crippen molar-refractivity contribution in [3.05, 3.63) is 0 Å². The Hall–Kier alpha value is -0.770. The minimum absolute atomic E-state index is 0.259. The van der Waals surface area contributed by atoms with E-state index in [0.717, 1.165) is 13.1 Å². The van der Waals surface area contributed by atoms with E-state index in [1.807, 2.05) is 20.8 Å². The average molecular weight is 230 g/mol. The van der Waals surface area contributed by atoms with Crippen molar-refractivity contribution in [3.63, 3.8) is 0 Å². The molecule has 0 bridgehead atoms. The smallest absolute Gasteiger partial charge is 0.410 e. The van der Waals surface area contributed by atoms with Crippen LogP contribution in [-0.4, -0.2) is 43.3 Å². The zero-order valence-corrected chi connectivity index (χ0v) is 11.3. The summed E-state index contributed by atoms with van der Waals surface area (Å²) in [4.78, 5) is 13.2. The Labute approximate surface area is 99.3 Å². The van der Waals surface area contributed by atoms with E-state index in [-0.39, 0.29) is 6.09 Å². The predicted octanol–water partition coefficient (Wildman–Crippen LogP) is 2.24. The zero-order valence-electron chi connectivity index (χ0n) is 11.3. The van der Waals surface area contributed by atoms with Crippen molar-refractivity contribution < 1.29 is 9.53 Å². The van der Waals surface area contributed by atoms with Gasteiger partial charge < -0.3 is 15.0 Å². The van der Waals surface area contributed by atoms with Gasteiger partial charge in [-0.05, 0) is 33.7 Å². The maximum Gasteiger partial charge on any atom is 0.410 e. The van der Waals surface area contributed by atoms with Crippen LogP contribution in [0.5, 0.6) is 0 Å². The summed E-state index contributed by atoms with van der Waals surface area (Å²) in [6, 6.07) is 0. The van der Waals surface area contributed by atoms with E-state index < -0.39 is 5.60 Å². The molecule has 0 saturated heterocycles. The molecule has 96 valence electrons. The number of nitrogens with zero attached hydrogens (tertiary/aromatic N) is 1. The highest BCUT2D eigenvalue weighted by molar-refractivity contribution is 5.67. The van der Waals surface area contributed by atoms with Gasteiger partial charge in [0, 0.05) is 20.1 Å². The number of amides is 1. The standard InChI is InChI=1S/C12H26N2O2/c1-6-7-8-13-9-10-14(5)11(15)16-12(2,3)4/h13H,6-10H2,1-5H3. The molecule has 0 rings (SSSR count). The number of ether oxygens (including phenoxy) is 1. The van der Waals surface area contributed by atoms with Crippen molar-refractivity contribution in [2.24, 2.45) is 0 Å². The molecular weight excluding hydrogens is 204 g/mol. The number of unbranched alkanes of at least 4 members (excludes halogenated alkanes) is 1. The molecule has 0 unspecified atom stereocenters. The molecule has 16 heavy (non-hydrogen) atoms. The van der Waals surface area contributed by atoms with Gasteiger partial charge in [0.15, 0.2) is 0 Å². The molecule has 0 aliphatic carbocycles. The number of hydrogen-bond donors (Lipinski definition) is 1. The summed E-state index contributed by atoms with van der Waals surface area (Å²) in [6.07, 6.45) is 2.11. The van der Waals surface area contributed by atoms with Crippen molar-refractivity contribution in [3.8, 4) is 0 Å². The second kappa shape index (κ2) is 7.49. The Morgan fingerprint density at radius 3 is 2.44 bits per heavy atom. The molecule has 0 aromatic rings. The normalized spacial score (nSPS) is 11.3. The van der Waals surface area contributed by atoms with Crippen molar-refractivity contribution >= 4 is 6.09 Å². The van der Waals surface area contributed by atoms with Gasteiger partial charge in [-0.25, -0.2) is 4.79 Å². The lowest BCUT2D eigenvalue weighted by molar-refractivity contribution is 0.0300. The highest BCUT2D eigenvalue weighted by Crippen LogP contribution is 2.08. The van der Waals surface area contributed by atoms with Crippen LogP contribution in [0.15, 0.2) is 0 Å². The van der Waals surface area contributed by atoms with Gasteiger partial charge in [-0.15, -0.1) is 0 Å². The van der Waals surface area contributed by atoms with Crippen molar-refractivity contribution in [2.45, 2.75) is 46.1 Å². The summed E-state index contributed by atoms with van der Waals surface area (Å²) >= 11 is 0. The molecule has 4 nitrogen and oxygen atoms in total. The first-order valence-corrected chi connectivity index (χ1v) is 6.01. The molecule has 1 amide bonds. The first kappa shape index (κ1) is 15.2. The topological polar surface area (TPSA) is 41.6 Å². The second-order valence-electron chi connectivity index (χ2n) is 5.01. The number of likely N-dealkylation sites (N-methyl/N-ethyl adjacent to an activating group) is 1. The summed E-state index contributed by atoms with van der Waals surface area (Å²) in [5, 5.41) is 3.29. The lowest BCUT2D eigenvalue weighted by Gasteiger charge is -2.24. The molecule has 0 heterocycles. The predicted molar refractivity (Wildman–Crippen MR) is 66.6 cm³/mol. The minimum Gasteiger partial charge on any atom is -0.444 e. The number of hydrogen-bond acceptors (Lipinski definition) is 3. The lowest BCUT2D eigenvalue weighted by Crippen LogP contribution is -2.38. The second-order valence-corrected chi connectivity index (χ2v) is 5.01. The van der Waals surface area contributed by atoms with E-state index in [9.17, 15) is 4.79 Å². The van der Waals surface area contributed by atoms with Crippen LogP contribution in [0.1, 0.15) is 40.5 Å². The molecule has 0 radical (unpaired) electrons.